The van der Waals surface area contributed by atoms with E-state index in [1.165, 1.54) is 11.0 Å². The number of benzene rings is 1. The monoisotopic (exact) mass is 290 g/mol. The van der Waals surface area contributed by atoms with Crippen LogP contribution >= 0.6 is 0 Å². The lowest BCUT2D eigenvalue weighted by molar-refractivity contribution is 0.0865. The fourth-order valence-electron chi connectivity index (χ4n) is 1.69. The Hall–Kier alpha value is -2.25. The average molecular weight is 290 g/mol. The maximum atomic E-state index is 11.9. The van der Waals surface area contributed by atoms with Gasteiger partial charge in [0.1, 0.15) is 0 Å². The van der Waals surface area contributed by atoms with Gasteiger partial charge >= 0.3 is 0 Å². The second-order valence-electron chi connectivity index (χ2n) is 4.30. The fourth-order valence-corrected chi connectivity index (χ4v) is 1.69. The van der Waals surface area contributed by atoms with Crippen molar-refractivity contribution in [3.63, 3.8) is 0 Å². The average Bonchev–Trinajstić information content (AvgIpc) is 3.01. The Balaban J connectivity index is 1.80. The second kappa shape index (κ2) is 8.13. The van der Waals surface area contributed by atoms with Crippen LogP contribution in [0.2, 0.25) is 0 Å². The van der Waals surface area contributed by atoms with Crippen molar-refractivity contribution in [2.45, 2.75) is 6.42 Å². The first-order chi connectivity index (χ1) is 10.3. The molecule has 21 heavy (non-hydrogen) atoms. The number of rotatable bonds is 8. The molecule has 0 aliphatic rings. The number of ether oxygens (including phenoxy) is 1. The summed E-state index contributed by atoms with van der Waals surface area (Å²) in [6, 6.07) is 9.38. The number of hydrogen-bond donors (Lipinski definition) is 2. The normalized spacial score (nSPS) is 10.5. The van der Waals surface area contributed by atoms with Crippen molar-refractivity contribution < 1.29 is 14.6 Å². The summed E-state index contributed by atoms with van der Waals surface area (Å²) in [6.45, 7) is 1.31. The third-order valence-electron chi connectivity index (χ3n) is 2.70. The lowest BCUT2D eigenvalue weighted by Crippen LogP contribution is -2.26. The first-order valence-corrected chi connectivity index (χ1v) is 6.76. The van der Waals surface area contributed by atoms with Gasteiger partial charge in [-0.3, -0.25) is 4.79 Å². The number of amides is 1. The first-order valence-electron chi connectivity index (χ1n) is 6.76. The molecule has 7 nitrogen and oxygen atoms in total. The molecule has 0 aliphatic heterocycles. The van der Waals surface area contributed by atoms with Gasteiger partial charge in [-0.2, -0.15) is 9.90 Å². The minimum absolute atomic E-state index is 0.00888. The molecule has 1 aromatic heterocycles. The van der Waals surface area contributed by atoms with E-state index in [1.807, 2.05) is 30.3 Å². The van der Waals surface area contributed by atoms with E-state index < -0.39 is 0 Å². The lowest BCUT2D eigenvalue weighted by Gasteiger charge is -2.03. The van der Waals surface area contributed by atoms with Gasteiger partial charge in [0.2, 0.25) is 0 Å². The number of hydrogen-bond acceptors (Lipinski definition) is 5. The molecule has 2 N–H and O–H groups in total. The summed E-state index contributed by atoms with van der Waals surface area (Å²) in [5.41, 5.74) is 1.07. The zero-order valence-electron chi connectivity index (χ0n) is 11.6. The summed E-state index contributed by atoms with van der Waals surface area (Å²) >= 11 is 0. The molecule has 0 saturated heterocycles. The quantitative estimate of drug-likeness (QED) is 0.687. The molecule has 0 spiro atoms. The molecular weight excluding hydrogens is 272 g/mol. The SMILES string of the molecule is O=C(NCCCOCCO)c1cnn(-c2ccccc2)n1. The van der Waals surface area contributed by atoms with Crippen LogP contribution < -0.4 is 5.32 Å². The summed E-state index contributed by atoms with van der Waals surface area (Å²) in [5, 5.41) is 19.5. The van der Waals surface area contributed by atoms with Crippen molar-refractivity contribution in [1.29, 1.82) is 0 Å². The number of carbonyl (C=O) groups is 1. The zero-order valence-corrected chi connectivity index (χ0v) is 11.6. The van der Waals surface area contributed by atoms with Crippen molar-refractivity contribution >= 4 is 5.91 Å². The Kier molecular flexibility index (Phi) is 5.86. The van der Waals surface area contributed by atoms with Crippen LogP contribution in [-0.2, 0) is 4.74 Å². The smallest absolute Gasteiger partial charge is 0.273 e. The van der Waals surface area contributed by atoms with Crippen LogP contribution in [0.1, 0.15) is 16.9 Å². The molecule has 0 fully saturated rings. The molecule has 0 atom stereocenters. The molecule has 7 heteroatoms. The fraction of sp³-hybridized carbons (Fsp3) is 0.357. The largest absolute Gasteiger partial charge is 0.394 e. The van der Waals surface area contributed by atoms with Gasteiger partial charge in [-0.15, -0.1) is 5.10 Å². The van der Waals surface area contributed by atoms with Crippen LogP contribution in [-0.4, -0.2) is 52.4 Å². The number of aliphatic hydroxyl groups is 1. The number of aromatic nitrogens is 3. The molecule has 2 aromatic rings. The highest BCUT2D eigenvalue weighted by atomic mass is 16.5. The molecule has 112 valence electrons. The van der Waals surface area contributed by atoms with E-state index in [4.69, 9.17) is 9.84 Å². The third-order valence-corrected chi connectivity index (χ3v) is 2.70. The number of carbonyl (C=O) groups excluding carboxylic acids is 1. The zero-order chi connectivity index (χ0) is 14.9. The molecule has 1 heterocycles. The van der Waals surface area contributed by atoms with Gasteiger partial charge in [-0.05, 0) is 18.6 Å². The summed E-state index contributed by atoms with van der Waals surface area (Å²) in [5.74, 6) is -0.265. The highest BCUT2D eigenvalue weighted by Crippen LogP contribution is 2.04. The standard InChI is InChI=1S/C14H18N4O3/c19-8-10-21-9-4-7-15-14(20)13-11-16-18(17-13)12-5-2-1-3-6-12/h1-3,5-6,11,19H,4,7-10H2,(H,15,20). The van der Waals surface area contributed by atoms with E-state index >= 15 is 0 Å². The highest BCUT2D eigenvalue weighted by molar-refractivity contribution is 5.91. The van der Waals surface area contributed by atoms with Gasteiger partial charge in [0.15, 0.2) is 5.69 Å². The van der Waals surface area contributed by atoms with Crippen molar-refractivity contribution in [1.82, 2.24) is 20.3 Å². The van der Waals surface area contributed by atoms with Crippen molar-refractivity contribution in [2.24, 2.45) is 0 Å². The Morgan fingerprint density at radius 2 is 2.10 bits per heavy atom. The van der Waals surface area contributed by atoms with E-state index in [0.717, 1.165) is 5.69 Å². The molecule has 0 radical (unpaired) electrons. The Labute approximate surface area is 122 Å². The Morgan fingerprint density at radius 3 is 2.86 bits per heavy atom. The predicted molar refractivity (Wildman–Crippen MR) is 76.2 cm³/mol. The van der Waals surface area contributed by atoms with Gasteiger partial charge < -0.3 is 15.2 Å². The minimum atomic E-state index is -0.265. The number of aliphatic hydroxyl groups excluding tert-OH is 1. The van der Waals surface area contributed by atoms with Crippen molar-refractivity contribution in [3.05, 3.63) is 42.2 Å². The summed E-state index contributed by atoms with van der Waals surface area (Å²) in [4.78, 5) is 13.3. The predicted octanol–water partition coefficient (Wildman–Crippen LogP) is 0.396. The minimum Gasteiger partial charge on any atom is -0.394 e. The highest BCUT2D eigenvalue weighted by Gasteiger charge is 2.10. The molecular formula is C14H18N4O3. The first kappa shape index (κ1) is 15.1. The van der Waals surface area contributed by atoms with Crippen LogP contribution in [0.3, 0.4) is 0 Å². The third kappa shape index (κ3) is 4.66. The van der Waals surface area contributed by atoms with Crippen LogP contribution in [0, 0.1) is 0 Å². The van der Waals surface area contributed by atoms with Gasteiger partial charge in [0.25, 0.3) is 5.91 Å². The van der Waals surface area contributed by atoms with Crippen molar-refractivity contribution in [2.75, 3.05) is 26.4 Å². The lowest BCUT2D eigenvalue weighted by atomic mass is 10.3. The Morgan fingerprint density at radius 1 is 1.29 bits per heavy atom. The number of nitrogens with zero attached hydrogens (tertiary/aromatic N) is 3. The Bertz CT molecular complexity index is 556. The topological polar surface area (TPSA) is 89.3 Å². The van der Waals surface area contributed by atoms with E-state index in [1.54, 1.807) is 0 Å². The number of para-hydroxylation sites is 1. The molecule has 1 aromatic carbocycles. The molecule has 0 bridgehead atoms. The van der Waals surface area contributed by atoms with E-state index in [-0.39, 0.29) is 18.2 Å². The van der Waals surface area contributed by atoms with Crippen LogP contribution in [0.4, 0.5) is 0 Å². The second-order valence-corrected chi connectivity index (χ2v) is 4.30. The van der Waals surface area contributed by atoms with Gasteiger partial charge in [-0.25, -0.2) is 0 Å². The van der Waals surface area contributed by atoms with Crippen LogP contribution in [0.25, 0.3) is 5.69 Å². The summed E-state index contributed by atoms with van der Waals surface area (Å²) in [6.07, 6.45) is 2.11. The van der Waals surface area contributed by atoms with E-state index in [0.29, 0.717) is 26.2 Å². The maximum absolute atomic E-state index is 11.9. The van der Waals surface area contributed by atoms with Crippen LogP contribution in [0.15, 0.2) is 36.5 Å². The van der Waals surface area contributed by atoms with Crippen LogP contribution in [0.5, 0.6) is 0 Å². The van der Waals surface area contributed by atoms with E-state index in [9.17, 15) is 4.79 Å². The molecule has 1 amide bonds. The van der Waals surface area contributed by atoms with Gasteiger partial charge in [0, 0.05) is 13.2 Å². The van der Waals surface area contributed by atoms with E-state index in [2.05, 4.69) is 15.5 Å². The summed E-state index contributed by atoms with van der Waals surface area (Å²) < 4.78 is 5.10. The molecule has 0 unspecified atom stereocenters. The van der Waals surface area contributed by atoms with Crippen molar-refractivity contribution in [3.8, 4) is 5.69 Å². The molecule has 2 rings (SSSR count). The number of nitrogens with one attached hydrogen (secondary N) is 1. The molecule has 0 aliphatic carbocycles. The van der Waals surface area contributed by atoms with Gasteiger partial charge in [0.05, 0.1) is 25.1 Å². The molecule has 0 saturated carbocycles. The van der Waals surface area contributed by atoms with Gasteiger partial charge in [-0.1, -0.05) is 18.2 Å². The summed E-state index contributed by atoms with van der Waals surface area (Å²) in [7, 11) is 0. The maximum Gasteiger partial charge on any atom is 0.273 e.